The number of hydrogen-bond acceptors (Lipinski definition) is 7. The number of aromatic nitrogens is 6. The molecule has 0 bridgehead atoms. The molecule has 162 valence electrons. The first kappa shape index (κ1) is 20.1. The lowest BCUT2D eigenvalue weighted by Gasteiger charge is -2.27. The Kier molecular flexibility index (Phi) is 5.23. The van der Waals surface area contributed by atoms with E-state index in [0.717, 1.165) is 40.6 Å². The smallest absolute Gasteiger partial charge is 0.197 e. The highest BCUT2D eigenvalue weighted by Gasteiger charge is 2.25. The molecule has 0 amide bonds. The molecule has 0 radical (unpaired) electrons. The number of likely N-dealkylation sites (tertiary alicyclic amines) is 1. The van der Waals surface area contributed by atoms with E-state index < -0.39 is 0 Å². The fraction of sp³-hybridized carbons (Fsp3) is 0.455. The monoisotopic (exact) mass is 437 g/mol. The number of thiazole rings is 1. The molecular formula is C22H27N7OS. The molecule has 1 aliphatic heterocycles. The van der Waals surface area contributed by atoms with E-state index >= 15 is 0 Å². The van der Waals surface area contributed by atoms with Crippen molar-refractivity contribution in [3.05, 3.63) is 35.2 Å². The lowest BCUT2D eigenvalue weighted by atomic mass is 9.96. The predicted octanol–water partition coefficient (Wildman–Crippen LogP) is 4.18. The van der Waals surface area contributed by atoms with Crippen LogP contribution in [0.1, 0.15) is 49.0 Å². The molecular weight excluding hydrogens is 410 g/mol. The summed E-state index contributed by atoms with van der Waals surface area (Å²) in [6, 6.07) is 1.99. The second-order valence-electron chi connectivity index (χ2n) is 8.49. The molecule has 1 aliphatic rings. The van der Waals surface area contributed by atoms with Crippen molar-refractivity contribution in [2.24, 2.45) is 0 Å². The minimum absolute atomic E-state index is 0.275. The molecule has 0 spiro atoms. The number of nitrogens with zero attached hydrogens (tertiary/aromatic N) is 6. The van der Waals surface area contributed by atoms with Crippen molar-refractivity contribution in [2.45, 2.75) is 38.5 Å². The summed E-state index contributed by atoms with van der Waals surface area (Å²) in [6.45, 7) is 6.67. The van der Waals surface area contributed by atoms with Gasteiger partial charge in [-0.3, -0.25) is 5.10 Å². The summed E-state index contributed by atoms with van der Waals surface area (Å²) < 4.78 is 7.28. The lowest BCUT2D eigenvalue weighted by molar-refractivity contribution is 0.257. The van der Waals surface area contributed by atoms with Crippen LogP contribution in [0.3, 0.4) is 0 Å². The molecule has 0 atom stereocenters. The topological polar surface area (TPSA) is 84.2 Å². The largest absolute Gasteiger partial charge is 0.493 e. The zero-order valence-corrected chi connectivity index (χ0v) is 19.1. The van der Waals surface area contributed by atoms with E-state index in [4.69, 9.17) is 14.8 Å². The number of rotatable bonds is 5. The summed E-state index contributed by atoms with van der Waals surface area (Å²) in [6.07, 6.45) is 7.93. The maximum absolute atomic E-state index is 5.55. The summed E-state index contributed by atoms with van der Waals surface area (Å²) in [5.74, 6) is 1.55. The Morgan fingerprint density at radius 2 is 2.03 bits per heavy atom. The van der Waals surface area contributed by atoms with Crippen LogP contribution in [0.2, 0.25) is 0 Å². The first-order chi connectivity index (χ1) is 15.0. The van der Waals surface area contributed by atoms with E-state index in [1.807, 2.05) is 12.3 Å². The Bertz CT molecular complexity index is 1200. The highest BCUT2D eigenvalue weighted by molar-refractivity contribution is 7.15. The third-order valence-electron chi connectivity index (χ3n) is 6.08. The van der Waals surface area contributed by atoms with Gasteiger partial charge in [-0.1, -0.05) is 13.8 Å². The van der Waals surface area contributed by atoms with Gasteiger partial charge in [0, 0.05) is 28.4 Å². The van der Waals surface area contributed by atoms with Crippen molar-refractivity contribution in [3.63, 3.8) is 0 Å². The van der Waals surface area contributed by atoms with Crippen LogP contribution in [0.4, 0.5) is 0 Å². The van der Waals surface area contributed by atoms with E-state index in [0.29, 0.717) is 17.3 Å². The number of pyridine rings is 1. The van der Waals surface area contributed by atoms with Gasteiger partial charge in [0.25, 0.3) is 0 Å². The number of H-pyrrole nitrogens is 1. The number of aromatic amines is 1. The van der Waals surface area contributed by atoms with Gasteiger partial charge in [0.15, 0.2) is 11.4 Å². The first-order valence-corrected chi connectivity index (χ1v) is 11.5. The maximum atomic E-state index is 5.55. The van der Waals surface area contributed by atoms with Crippen molar-refractivity contribution >= 4 is 17.0 Å². The Hall–Kier alpha value is -2.78. The van der Waals surface area contributed by atoms with Crippen molar-refractivity contribution in [1.29, 1.82) is 0 Å². The van der Waals surface area contributed by atoms with E-state index in [1.165, 1.54) is 24.0 Å². The minimum atomic E-state index is 0.275. The molecule has 8 nitrogen and oxygen atoms in total. The number of nitrogens with one attached hydrogen (secondary N) is 1. The quantitative estimate of drug-likeness (QED) is 0.504. The van der Waals surface area contributed by atoms with Gasteiger partial charge in [0.2, 0.25) is 0 Å². The fourth-order valence-electron chi connectivity index (χ4n) is 4.36. The summed E-state index contributed by atoms with van der Waals surface area (Å²) in [5.41, 5.74) is 4.72. The predicted molar refractivity (Wildman–Crippen MR) is 122 cm³/mol. The first-order valence-electron chi connectivity index (χ1n) is 10.7. The molecule has 0 saturated carbocycles. The van der Waals surface area contributed by atoms with Crippen LogP contribution in [-0.4, -0.2) is 61.9 Å². The molecule has 31 heavy (non-hydrogen) atoms. The number of piperidine rings is 1. The fourth-order valence-corrected chi connectivity index (χ4v) is 5.45. The molecule has 1 fully saturated rings. The minimum Gasteiger partial charge on any atom is -0.493 e. The summed E-state index contributed by atoms with van der Waals surface area (Å²) >= 11 is 1.78. The number of ether oxygens (including phenoxy) is 1. The molecule has 5 rings (SSSR count). The van der Waals surface area contributed by atoms with E-state index in [-0.39, 0.29) is 5.92 Å². The molecule has 9 heteroatoms. The average Bonchev–Trinajstić information content (AvgIpc) is 3.51. The van der Waals surface area contributed by atoms with Gasteiger partial charge in [-0.25, -0.2) is 14.5 Å². The van der Waals surface area contributed by atoms with Gasteiger partial charge in [-0.15, -0.1) is 11.3 Å². The van der Waals surface area contributed by atoms with E-state index in [1.54, 1.807) is 23.0 Å². The molecule has 4 aromatic rings. The standard InChI is InChI=1S/C22H27N7OS/c1-13(2)18-19(15-9-16(30-4)21-24-12-25-29(21)11-15)26-27-20(18)22-23-10-17(31-22)14-5-7-28(3)8-6-14/h9-14H,5-8H2,1-4H3,(H,26,27). The van der Waals surface area contributed by atoms with Crippen LogP contribution in [0, 0.1) is 0 Å². The second kappa shape index (κ2) is 8.05. The van der Waals surface area contributed by atoms with Gasteiger partial charge in [-0.05, 0) is 50.9 Å². The average molecular weight is 438 g/mol. The Labute approximate surface area is 185 Å². The molecule has 0 aromatic carbocycles. The summed E-state index contributed by atoms with van der Waals surface area (Å²) in [7, 11) is 3.84. The number of methoxy groups -OCH3 is 1. The normalized spacial score (nSPS) is 15.9. The van der Waals surface area contributed by atoms with Crippen LogP contribution >= 0.6 is 11.3 Å². The summed E-state index contributed by atoms with van der Waals surface area (Å²) in [5, 5.41) is 13.2. The van der Waals surface area contributed by atoms with E-state index in [9.17, 15) is 0 Å². The van der Waals surface area contributed by atoms with Gasteiger partial charge < -0.3 is 9.64 Å². The van der Waals surface area contributed by atoms with Gasteiger partial charge >= 0.3 is 0 Å². The summed E-state index contributed by atoms with van der Waals surface area (Å²) in [4.78, 5) is 12.8. The molecule has 1 saturated heterocycles. The third kappa shape index (κ3) is 3.61. The Morgan fingerprint density at radius 1 is 1.23 bits per heavy atom. The van der Waals surface area contributed by atoms with Crippen LogP contribution < -0.4 is 4.74 Å². The molecule has 0 aliphatic carbocycles. The van der Waals surface area contributed by atoms with Crippen molar-refractivity contribution in [1.82, 2.24) is 34.7 Å². The highest BCUT2D eigenvalue weighted by atomic mass is 32.1. The van der Waals surface area contributed by atoms with Gasteiger partial charge in [0.1, 0.15) is 17.0 Å². The van der Waals surface area contributed by atoms with Crippen LogP contribution in [0.15, 0.2) is 24.8 Å². The van der Waals surface area contributed by atoms with Crippen LogP contribution in [-0.2, 0) is 0 Å². The zero-order chi connectivity index (χ0) is 21.5. The van der Waals surface area contributed by atoms with Crippen molar-refractivity contribution < 1.29 is 4.74 Å². The van der Waals surface area contributed by atoms with Gasteiger partial charge in [0.05, 0.1) is 12.8 Å². The number of fused-ring (bicyclic) bond motifs is 1. The number of hydrogen-bond donors (Lipinski definition) is 1. The highest BCUT2D eigenvalue weighted by Crippen LogP contribution is 2.40. The van der Waals surface area contributed by atoms with Gasteiger partial charge in [-0.2, -0.15) is 10.2 Å². The third-order valence-corrected chi connectivity index (χ3v) is 7.24. The van der Waals surface area contributed by atoms with Crippen molar-refractivity contribution in [3.8, 4) is 27.7 Å². The zero-order valence-electron chi connectivity index (χ0n) is 18.3. The SMILES string of the molecule is COc1cc(-c2[nH]nc(-c3ncc(C4CCN(C)CC4)s3)c2C(C)C)cn2ncnc12. The van der Waals surface area contributed by atoms with E-state index in [2.05, 4.69) is 47.2 Å². The second-order valence-corrected chi connectivity index (χ2v) is 9.55. The van der Waals surface area contributed by atoms with Crippen LogP contribution in [0.25, 0.3) is 27.6 Å². The maximum Gasteiger partial charge on any atom is 0.197 e. The lowest BCUT2D eigenvalue weighted by Crippen LogP contribution is -2.28. The van der Waals surface area contributed by atoms with Crippen molar-refractivity contribution in [2.75, 3.05) is 27.2 Å². The molecule has 1 N–H and O–H groups in total. The molecule has 4 aromatic heterocycles. The van der Waals surface area contributed by atoms with Crippen LogP contribution in [0.5, 0.6) is 5.75 Å². The Balaban J connectivity index is 1.54. The molecule has 5 heterocycles. The molecule has 0 unspecified atom stereocenters. The Morgan fingerprint density at radius 3 is 2.77 bits per heavy atom.